The summed E-state index contributed by atoms with van der Waals surface area (Å²) in [5.41, 5.74) is 6.19. The number of amides is 1. The van der Waals surface area contributed by atoms with Crippen LogP contribution >= 0.6 is 0 Å². The Labute approximate surface area is 119 Å². The van der Waals surface area contributed by atoms with Crippen molar-refractivity contribution < 1.29 is 4.79 Å². The molecule has 0 heterocycles. The van der Waals surface area contributed by atoms with Gasteiger partial charge in [-0.2, -0.15) is 5.10 Å². The van der Waals surface area contributed by atoms with Gasteiger partial charge in [-0.1, -0.05) is 49.4 Å². The van der Waals surface area contributed by atoms with E-state index in [2.05, 4.69) is 17.5 Å². The second-order valence-electron chi connectivity index (χ2n) is 4.55. The zero-order valence-electron chi connectivity index (χ0n) is 11.8. The van der Waals surface area contributed by atoms with Crippen molar-refractivity contribution in [3.63, 3.8) is 0 Å². The highest BCUT2D eigenvalue weighted by molar-refractivity contribution is 6.00. The largest absolute Gasteiger partial charge is 0.271 e. The first-order valence-corrected chi connectivity index (χ1v) is 6.69. The fourth-order valence-corrected chi connectivity index (χ4v) is 1.83. The highest BCUT2D eigenvalue weighted by atomic mass is 16.2. The van der Waals surface area contributed by atoms with E-state index in [4.69, 9.17) is 0 Å². The van der Waals surface area contributed by atoms with E-state index in [-0.39, 0.29) is 5.91 Å². The lowest BCUT2D eigenvalue weighted by Gasteiger charge is -2.03. The maximum atomic E-state index is 12.0. The smallest absolute Gasteiger partial charge is 0.267 e. The highest BCUT2D eigenvalue weighted by Gasteiger charge is 2.04. The van der Waals surface area contributed by atoms with E-state index in [1.807, 2.05) is 61.5 Å². The number of hydrogen-bond donors (Lipinski definition) is 1. The zero-order chi connectivity index (χ0) is 14.4. The van der Waals surface area contributed by atoms with Gasteiger partial charge in [0.1, 0.15) is 0 Å². The van der Waals surface area contributed by atoms with E-state index >= 15 is 0 Å². The topological polar surface area (TPSA) is 41.5 Å². The highest BCUT2D eigenvalue weighted by Crippen LogP contribution is 2.05. The van der Waals surface area contributed by atoms with Crippen molar-refractivity contribution in [2.45, 2.75) is 20.3 Å². The quantitative estimate of drug-likeness (QED) is 0.668. The number of benzene rings is 2. The zero-order valence-corrected chi connectivity index (χ0v) is 11.8. The van der Waals surface area contributed by atoms with Crippen LogP contribution in [0.2, 0.25) is 0 Å². The molecule has 0 radical (unpaired) electrons. The Bertz CT molecular complexity index is 601. The lowest BCUT2D eigenvalue weighted by atomic mass is 10.1. The maximum Gasteiger partial charge on any atom is 0.271 e. The monoisotopic (exact) mass is 266 g/mol. The summed E-state index contributed by atoms with van der Waals surface area (Å²) in [6.07, 6.45) is 0.965. The first kappa shape index (κ1) is 14.0. The van der Waals surface area contributed by atoms with E-state index in [0.717, 1.165) is 17.7 Å². The summed E-state index contributed by atoms with van der Waals surface area (Å²) < 4.78 is 0. The molecule has 102 valence electrons. The number of hydrogen-bond acceptors (Lipinski definition) is 2. The minimum Gasteiger partial charge on any atom is -0.267 e. The summed E-state index contributed by atoms with van der Waals surface area (Å²) >= 11 is 0. The van der Waals surface area contributed by atoms with Crippen LogP contribution in [0.25, 0.3) is 0 Å². The Morgan fingerprint density at radius 1 is 1.00 bits per heavy atom. The number of nitrogens with zero attached hydrogens (tertiary/aromatic N) is 1. The molecule has 2 rings (SSSR count). The molecule has 3 heteroatoms. The van der Waals surface area contributed by atoms with Crippen LogP contribution in [0, 0.1) is 0 Å². The molecule has 0 spiro atoms. The number of carbonyl (C=O) groups excluding carboxylic acids is 1. The molecule has 0 aliphatic heterocycles. The van der Waals surface area contributed by atoms with Gasteiger partial charge in [0.2, 0.25) is 0 Å². The van der Waals surface area contributed by atoms with Gasteiger partial charge in [0, 0.05) is 5.56 Å². The minimum atomic E-state index is -0.192. The van der Waals surface area contributed by atoms with Gasteiger partial charge in [-0.3, -0.25) is 4.79 Å². The summed E-state index contributed by atoms with van der Waals surface area (Å²) in [6, 6.07) is 17.3. The molecule has 0 bridgehead atoms. The fraction of sp³-hybridized carbons (Fsp3) is 0.176. The number of carbonyl (C=O) groups is 1. The predicted molar refractivity (Wildman–Crippen MR) is 81.9 cm³/mol. The third kappa shape index (κ3) is 3.54. The van der Waals surface area contributed by atoms with Crippen LogP contribution in [0.5, 0.6) is 0 Å². The molecular weight excluding hydrogens is 248 g/mol. The van der Waals surface area contributed by atoms with Crippen molar-refractivity contribution in [2.75, 3.05) is 0 Å². The molecule has 1 amide bonds. The lowest BCUT2D eigenvalue weighted by molar-refractivity contribution is 0.0955. The number of rotatable bonds is 4. The van der Waals surface area contributed by atoms with Crippen LogP contribution in [0.1, 0.15) is 35.3 Å². The van der Waals surface area contributed by atoms with E-state index < -0.39 is 0 Å². The molecule has 3 nitrogen and oxygen atoms in total. The van der Waals surface area contributed by atoms with E-state index in [1.54, 1.807) is 0 Å². The molecule has 2 aromatic rings. The Hall–Kier alpha value is -2.42. The molecule has 0 aliphatic carbocycles. The Morgan fingerprint density at radius 3 is 2.25 bits per heavy atom. The first-order chi connectivity index (χ1) is 9.70. The summed E-state index contributed by atoms with van der Waals surface area (Å²) in [7, 11) is 0. The molecule has 0 aliphatic rings. The fourth-order valence-electron chi connectivity index (χ4n) is 1.83. The summed E-state index contributed by atoms with van der Waals surface area (Å²) in [5, 5.41) is 4.13. The van der Waals surface area contributed by atoms with Gasteiger partial charge in [0.05, 0.1) is 5.71 Å². The van der Waals surface area contributed by atoms with E-state index in [9.17, 15) is 4.79 Å². The van der Waals surface area contributed by atoms with Gasteiger partial charge in [-0.15, -0.1) is 0 Å². The van der Waals surface area contributed by atoms with E-state index in [1.165, 1.54) is 5.56 Å². The van der Waals surface area contributed by atoms with Crippen molar-refractivity contribution >= 4 is 11.6 Å². The maximum absolute atomic E-state index is 12.0. The van der Waals surface area contributed by atoms with Crippen molar-refractivity contribution in [3.05, 3.63) is 71.3 Å². The number of aryl methyl sites for hydroxylation is 1. The second kappa shape index (κ2) is 6.66. The molecule has 1 N–H and O–H groups in total. The van der Waals surface area contributed by atoms with Gasteiger partial charge < -0.3 is 0 Å². The lowest BCUT2D eigenvalue weighted by Crippen LogP contribution is -2.19. The molecule has 0 unspecified atom stereocenters. The number of nitrogens with one attached hydrogen (secondary N) is 1. The van der Waals surface area contributed by atoms with Gasteiger partial charge in [0.15, 0.2) is 0 Å². The molecule has 0 fully saturated rings. The molecule has 20 heavy (non-hydrogen) atoms. The predicted octanol–water partition coefficient (Wildman–Crippen LogP) is 3.40. The molecule has 0 saturated carbocycles. The molecule has 0 aromatic heterocycles. The molecule has 0 saturated heterocycles. The first-order valence-electron chi connectivity index (χ1n) is 6.69. The molecule has 0 atom stereocenters. The average Bonchev–Trinajstić information content (AvgIpc) is 2.53. The minimum absolute atomic E-state index is 0.192. The summed E-state index contributed by atoms with van der Waals surface area (Å²) in [6.45, 7) is 3.96. The summed E-state index contributed by atoms with van der Waals surface area (Å²) in [4.78, 5) is 12.0. The molecular formula is C17H18N2O. The van der Waals surface area contributed by atoms with Crippen molar-refractivity contribution in [1.82, 2.24) is 5.43 Å². The SMILES string of the molecule is CCc1ccc(C(=O)N/N=C(/C)c2ccccc2)cc1. The average molecular weight is 266 g/mol. The van der Waals surface area contributed by atoms with E-state index in [0.29, 0.717) is 5.56 Å². The van der Waals surface area contributed by atoms with Crippen LogP contribution in [-0.4, -0.2) is 11.6 Å². The van der Waals surface area contributed by atoms with Crippen LogP contribution in [0.15, 0.2) is 59.7 Å². The van der Waals surface area contributed by atoms with Crippen LogP contribution < -0.4 is 5.43 Å². The van der Waals surface area contributed by atoms with Crippen LogP contribution in [-0.2, 0) is 6.42 Å². The third-order valence-corrected chi connectivity index (χ3v) is 3.14. The second-order valence-corrected chi connectivity index (χ2v) is 4.55. The standard InChI is InChI=1S/C17H18N2O/c1-3-14-9-11-16(12-10-14)17(20)19-18-13(2)15-7-5-4-6-8-15/h4-12H,3H2,1-2H3,(H,19,20)/b18-13-. The van der Waals surface area contributed by atoms with Gasteiger partial charge in [0.25, 0.3) is 5.91 Å². The van der Waals surface area contributed by atoms with Gasteiger partial charge in [-0.25, -0.2) is 5.43 Å². The number of hydrazone groups is 1. The Morgan fingerprint density at radius 2 is 1.65 bits per heavy atom. The third-order valence-electron chi connectivity index (χ3n) is 3.14. The van der Waals surface area contributed by atoms with Crippen molar-refractivity contribution in [2.24, 2.45) is 5.10 Å². The summed E-state index contributed by atoms with van der Waals surface area (Å²) in [5.74, 6) is -0.192. The Kier molecular flexibility index (Phi) is 4.66. The van der Waals surface area contributed by atoms with Crippen molar-refractivity contribution in [3.8, 4) is 0 Å². The van der Waals surface area contributed by atoms with Gasteiger partial charge in [-0.05, 0) is 36.6 Å². The van der Waals surface area contributed by atoms with Gasteiger partial charge >= 0.3 is 0 Å². The van der Waals surface area contributed by atoms with Crippen LogP contribution in [0.3, 0.4) is 0 Å². The van der Waals surface area contributed by atoms with Crippen LogP contribution in [0.4, 0.5) is 0 Å². The Balaban J connectivity index is 2.04. The van der Waals surface area contributed by atoms with Crippen molar-refractivity contribution in [1.29, 1.82) is 0 Å². The molecule has 2 aromatic carbocycles. The normalized spacial score (nSPS) is 11.2.